The number of halogens is 4. The minimum Gasteiger partial charge on any atom is -0.466 e. The van der Waals surface area contributed by atoms with Crippen molar-refractivity contribution in [1.29, 1.82) is 0 Å². The number of carbonyl (C=O) groups excluding carboxylic acids is 2. The molecule has 1 N–H and O–H groups in total. The Morgan fingerprint density at radius 1 is 1.32 bits per heavy atom. The van der Waals surface area contributed by atoms with Gasteiger partial charge in [-0.05, 0) is 36.6 Å². The summed E-state index contributed by atoms with van der Waals surface area (Å²) in [4.78, 5) is 22.2. The number of rotatable bonds is 5. The Balaban J connectivity index is 2.90. The second kappa shape index (κ2) is 7.24. The van der Waals surface area contributed by atoms with Crippen LogP contribution in [-0.4, -0.2) is 24.7 Å². The smallest absolute Gasteiger partial charge is 0.466 e. The molecule has 1 aromatic rings. The van der Waals surface area contributed by atoms with E-state index in [0.29, 0.717) is 0 Å². The highest BCUT2D eigenvalue weighted by Gasteiger charge is 2.38. The Kier molecular flexibility index (Phi) is 5.90. The lowest BCUT2D eigenvalue weighted by atomic mass is 9.96. The fraction of sp³-hybridized carbons (Fsp3) is 0.429. The second-order valence-corrected chi connectivity index (χ2v) is 4.60. The molecule has 0 aliphatic heterocycles. The van der Waals surface area contributed by atoms with E-state index in [9.17, 15) is 27.2 Å². The number of ether oxygens (including phenoxy) is 1. The van der Waals surface area contributed by atoms with Gasteiger partial charge in [-0.3, -0.25) is 9.59 Å². The van der Waals surface area contributed by atoms with E-state index in [2.05, 4.69) is 0 Å². The van der Waals surface area contributed by atoms with Crippen LogP contribution in [0.3, 0.4) is 0 Å². The number of hydrogen-bond donors (Lipinski definition) is 1. The summed E-state index contributed by atoms with van der Waals surface area (Å²) < 4.78 is 55.0. The molecule has 0 spiro atoms. The van der Waals surface area contributed by atoms with Gasteiger partial charge in [0.25, 0.3) is 0 Å². The summed E-state index contributed by atoms with van der Waals surface area (Å²) in [7, 11) is 0. The first kappa shape index (κ1) is 17.9. The summed E-state index contributed by atoms with van der Waals surface area (Å²) in [5, 5.41) is 1.64. The summed E-state index contributed by atoms with van der Waals surface area (Å²) in [5.74, 6) is -3.98. The summed E-state index contributed by atoms with van der Waals surface area (Å²) in [6, 6.07) is 3.02. The molecule has 0 fully saturated rings. The normalized spacial score (nSPS) is 12.6. The van der Waals surface area contributed by atoms with E-state index in [0.717, 1.165) is 18.2 Å². The quantitative estimate of drug-likeness (QED) is 0.668. The van der Waals surface area contributed by atoms with Crippen LogP contribution in [0, 0.1) is 5.82 Å². The molecular weight excluding hydrogens is 306 g/mol. The van der Waals surface area contributed by atoms with Crippen molar-refractivity contribution in [2.24, 2.45) is 0 Å². The van der Waals surface area contributed by atoms with E-state index in [1.165, 1.54) is 6.92 Å². The van der Waals surface area contributed by atoms with Gasteiger partial charge in [0.1, 0.15) is 5.82 Å². The van der Waals surface area contributed by atoms with Crippen molar-refractivity contribution in [3.63, 3.8) is 0 Å². The molecule has 0 heterocycles. The van der Waals surface area contributed by atoms with Crippen molar-refractivity contribution in [2.75, 3.05) is 11.9 Å². The van der Waals surface area contributed by atoms with Gasteiger partial charge >= 0.3 is 18.1 Å². The molecule has 22 heavy (non-hydrogen) atoms. The van der Waals surface area contributed by atoms with Crippen LogP contribution in [0.5, 0.6) is 0 Å². The zero-order valence-electron chi connectivity index (χ0n) is 12.0. The first-order chi connectivity index (χ1) is 10.1. The fourth-order valence-corrected chi connectivity index (χ4v) is 1.78. The first-order valence-corrected chi connectivity index (χ1v) is 6.48. The van der Waals surface area contributed by atoms with Crippen LogP contribution < -0.4 is 5.32 Å². The molecule has 1 amide bonds. The van der Waals surface area contributed by atoms with E-state index in [1.54, 1.807) is 12.2 Å². The van der Waals surface area contributed by atoms with Crippen molar-refractivity contribution in [1.82, 2.24) is 0 Å². The van der Waals surface area contributed by atoms with Crippen LogP contribution in [0.2, 0.25) is 0 Å². The summed E-state index contributed by atoms with van der Waals surface area (Å²) in [5.41, 5.74) is -0.178. The molecule has 8 heteroatoms. The fourth-order valence-electron chi connectivity index (χ4n) is 1.78. The molecule has 122 valence electrons. The summed E-state index contributed by atoms with van der Waals surface area (Å²) >= 11 is 0. The number of anilines is 1. The summed E-state index contributed by atoms with van der Waals surface area (Å²) in [6.45, 7) is 3.33. The highest BCUT2D eigenvalue weighted by molar-refractivity contribution is 5.94. The number of carbonyl (C=O) groups is 2. The van der Waals surface area contributed by atoms with Gasteiger partial charge in [-0.2, -0.15) is 13.2 Å². The summed E-state index contributed by atoms with van der Waals surface area (Å²) in [6.07, 6.45) is -5.16. The lowest BCUT2D eigenvalue weighted by Crippen LogP contribution is -2.30. The van der Waals surface area contributed by atoms with Crippen LogP contribution in [0.4, 0.5) is 23.2 Å². The number of amides is 1. The van der Waals surface area contributed by atoms with Crippen LogP contribution >= 0.6 is 0 Å². The van der Waals surface area contributed by atoms with Crippen molar-refractivity contribution in [3.8, 4) is 0 Å². The third-order valence-electron chi connectivity index (χ3n) is 2.82. The van der Waals surface area contributed by atoms with Crippen molar-refractivity contribution in [2.45, 2.75) is 32.4 Å². The van der Waals surface area contributed by atoms with Crippen molar-refractivity contribution < 1.29 is 31.9 Å². The molecule has 1 aromatic carbocycles. The predicted molar refractivity (Wildman–Crippen MR) is 70.7 cm³/mol. The third-order valence-corrected chi connectivity index (χ3v) is 2.82. The minimum atomic E-state index is -5.04. The molecule has 0 aliphatic rings. The average molecular weight is 321 g/mol. The number of alkyl halides is 3. The minimum absolute atomic E-state index is 0.0213. The van der Waals surface area contributed by atoms with E-state index < -0.39 is 29.8 Å². The largest absolute Gasteiger partial charge is 0.471 e. The first-order valence-electron chi connectivity index (χ1n) is 6.48. The molecule has 0 saturated heterocycles. The van der Waals surface area contributed by atoms with Crippen LogP contribution in [0.1, 0.15) is 31.7 Å². The lowest BCUT2D eigenvalue weighted by Gasteiger charge is -2.14. The van der Waals surface area contributed by atoms with Crippen LogP contribution in [0.25, 0.3) is 0 Å². The Hall–Kier alpha value is -2.12. The standard InChI is InChI=1S/C14H15F4NO3/c1-3-22-12(20)6-8(2)10-7-9(4-5-11(10)15)19-13(21)14(16,17)18/h4-5,7-8H,3,6H2,1-2H3,(H,19,21)/t8-/m1/s1. The molecule has 0 radical (unpaired) electrons. The Morgan fingerprint density at radius 3 is 2.50 bits per heavy atom. The topological polar surface area (TPSA) is 55.4 Å². The van der Waals surface area contributed by atoms with Crippen molar-refractivity contribution >= 4 is 17.6 Å². The number of hydrogen-bond acceptors (Lipinski definition) is 3. The van der Waals surface area contributed by atoms with Gasteiger partial charge in [0.2, 0.25) is 0 Å². The van der Waals surface area contributed by atoms with Gasteiger partial charge in [-0.15, -0.1) is 0 Å². The number of nitrogens with one attached hydrogen (secondary N) is 1. The van der Waals surface area contributed by atoms with Gasteiger partial charge in [-0.1, -0.05) is 6.92 Å². The Bertz CT molecular complexity index is 558. The van der Waals surface area contributed by atoms with Gasteiger partial charge < -0.3 is 10.1 Å². The average Bonchev–Trinajstić information content (AvgIpc) is 2.39. The van der Waals surface area contributed by atoms with Gasteiger partial charge in [-0.25, -0.2) is 4.39 Å². The Labute approximate surface area is 124 Å². The van der Waals surface area contributed by atoms with E-state index in [-0.39, 0.29) is 24.3 Å². The van der Waals surface area contributed by atoms with Gasteiger partial charge in [0.05, 0.1) is 13.0 Å². The molecule has 0 unspecified atom stereocenters. The van der Waals surface area contributed by atoms with E-state index >= 15 is 0 Å². The molecule has 0 aliphatic carbocycles. The molecule has 1 atom stereocenters. The highest BCUT2D eigenvalue weighted by Crippen LogP contribution is 2.26. The van der Waals surface area contributed by atoms with Crippen LogP contribution in [-0.2, 0) is 14.3 Å². The monoisotopic (exact) mass is 321 g/mol. The third kappa shape index (κ3) is 5.01. The molecule has 4 nitrogen and oxygen atoms in total. The molecule has 0 saturated carbocycles. The van der Waals surface area contributed by atoms with Crippen molar-refractivity contribution in [3.05, 3.63) is 29.6 Å². The van der Waals surface area contributed by atoms with Crippen LogP contribution in [0.15, 0.2) is 18.2 Å². The highest BCUT2D eigenvalue weighted by atomic mass is 19.4. The maximum Gasteiger partial charge on any atom is 0.471 e. The van der Waals surface area contributed by atoms with Gasteiger partial charge in [0.15, 0.2) is 0 Å². The maximum atomic E-state index is 13.7. The zero-order valence-corrected chi connectivity index (χ0v) is 12.0. The van der Waals surface area contributed by atoms with Gasteiger partial charge in [0, 0.05) is 5.69 Å². The molecular formula is C14H15F4NO3. The lowest BCUT2D eigenvalue weighted by molar-refractivity contribution is -0.167. The van der Waals surface area contributed by atoms with E-state index in [1.807, 2.05) is 0 Å². The van der Waals surface area contributed by atoms with E-state index in [4.69, 9.17) is 4.74 Å². The SMILES string of the molecule is CCOC(=O)C[C@@H](C)c1cc(NC(=O)C(F)(F)F)ccc1F. The predicted octanol–water partition coefficient (Wildman–Crippen LogP) is 3.38. The number of benzene rings is 1. The second-order valence-electron chi connectivity index (χ2n) is 4.60. The zero-order chi connectivity index (χ0) is 16.9. The molecule has 1 rings (SSSR count). The maximum absolute atomic E-state index is 13.7. The molecule has 0 aromatic heterocycles. The molecule has 0 bridgehead atoms. The Morgan fingerprint density at radius 2 is 1.95 bits per heavy atom. The number of esters is 1.